The van der Waals surface area contributed by atoms with Gasteiger partial charge in [0.1, 0.15) is 0 Å². The molecule has 0 aliphatic heterocycles. The fraction of sp³-hybridized carbons (Fsp3) is 0.684. The van der Waals surface area contributed by atoms with Gasteiger partial charge in [0.05, 0.1) is 0 Å². The SMILES string of the molecule is CCc1cccc(C(N)C23CC4CC(CC(C4)C2)C3)c1. The van der Waals surface area contributed by atoms with Gasteiger partial charge >= 0.3 is 0 Å². The van der Waals surface area contributed by atoms with Crippen molar-refractivity contribution >= 4 is 0 Å². The summed E-state index contributed by atoms with van der Waals surface area (Å²) in [5.74, 6) is 2.96. The van der Waals surface area contributed by atoms with Gasteiger partial charge in [-0.1, -0.05) is 31.2 Å². The Balaban J connectivity index is 1.65. The number of hydrogen-bond acceptors (Lipinski definition) is 1. The minimum Gasteiger partial charge on any atom is -0.323 e. The van der Waals surface area contributed by atoms with E-state index in [-0.39, 0.29) is 6.04 Å². The summed E-state index contributed by atoms with van der Waals surface area (Å²) in [6, 6.07) is 9.33. The van der Waals surface area contributed by atoms with Crippen molar-refractivity contribution in [1.29, 1.82) is 0 Å². The van der Waals surface area contributed by atoms with Crippen LogP contribution in [-0.2, 0) is 6.42 Å². The summed E-state index contributed by atoms with van der Waals surface area (Å²) in [4.78, 5) is 0. The first-order valence-corrected chi connectivity index (χ1v) is 8.53. The Hall–Kier alpha value is -0.820. The lowest BCUT2D eigenvalue weighted by atomic mass is 9.47. The van der Waals surface area contributed by atoms with Crippen molar-refractivity contribution in [3.8, 4) is 0 Å². The van der Waals surface area contributed by atoms with Crippen LogP contribution in [0.4, 0.5) is 0 Å². The lowest BCUT2D eigenvalue weighted by molar-refractivity contribution is -0.0677. The van der Waals surface area contributed by atoms with E-state index in [1.807, 2.05) is 0 Å². The van der Waals surface area contributed by atoms with Gasteiger partial charge in [-0.15, -0.1) is 0 Å². The predicted octanol–water partition coefficient (Wildman–Crippen LogP) is 4.47. The third-order valence-electron chi connectivity index (χ3n) is 6.46. The highest BCUT2D eigenvalue weighted by atomic mass is 14.7. The van der Waals surface area contributed by atoms with Gasteiger partial charge in [-0.25, -0.2) is 0 Å². The molecule has 1 aromatic carbocycles. The Morgan fingerprint density at radius 2 is 1.70 bits per heavy atom. The molecular weight excluding hydrogens is 242 g/mol. The van der Waals surface area contributed by atoms with Crippen LogP contribution in [0.2, 0.25) is 0 Å². The second-order valence-electron chi connectivity index (χ2n) is 7.86. The Morgan fingerprint density at radius 3 is 2.25 bits per heavy atom. The Kier molecular flexibility index (Phi) is 2.96. The number of nitrogens with two attached hydrogens (primary N) is 1. The van der Waals surface area contributed by atoms with E-state index in [1.54, 1.807) is 0 Å². The van der Waals surface area contributed by atoms with Crippen molar-refractivity contribution in [2.75, 3.05) is 0 Å². The number of aryl methyl sites for hydroxylation is 1. The van der Waals surface area contributed by atoms with Crippen LogP contribution in [0.3, 0.4) is 0 Å². The minimum absolute atomic E-state index is 0.266. The van der Waals surface area contributed by atoms with Crippen molar-refractivity contribution in [2.45, 2.75) is 57.9 Å². The number of rotatable bonds is 3. The summed E-state index contributed by atoms with van der Waals surface area (Å²) in [6.07, 6.45) is 9.81. The molecule has 4 aliphatic carbocycles. The first-order chi connectivity index (χ1) is 9.68. The summed E-state index contributed by atoms with van der Waals surface area (Å²) < 4.78 is 0. The predicted molar refractivity (Wildman–Crippen MR) is 83.4 cm³/mol. The highest BCUT2D eigenvalue weighted by Gasteiger charge is 2.53. The fourth-order valence-corrected chi connectivity index (χ4v) is 5.92. The van der Waals surface area contributed by atoms with Crippen molar-refractivity contribution in [3.05, 3.63) is 35.4 Å². The van der Waals surface area contributed by atoms with Crippen molar-refractivity contribution in [3.63, 3.8) is 0 Å². The van der Waals surface area contributed by atoms with Gasteiger partial charge in [0.15, 0.2) is 0 Å². The zero-order chi connectivity index (χ0) is 13.7. The van der Waals surface area contributed by atoms with Crippen LogP contribution in [-0.4, -0.2) is 0 Å². The molecule has 0 spiro atoms. The topological polar surface area (TPSA) is 26.0 Å². The second kappa shape index (κ2) is 4.59. The van der Waals surface area contributed by atoms with Gasteiger partial charge in [0, 0.05) is 6.04 Å². The summed E-state index contributed by atoms with van der Waals surface area (Å²) in [6.45, 7) is 2.23. The smallest absolute Gasteiger partial charge is 0.0352 e. The molecule has 4 bridgehead atoms. The highest BCUT2D eigenvalue weighted by Crippen LogP contribution is 2.63. The maximum atomic E-state index is 6.82. The van der Waals surface area contributed by atoms with Crippen LogP contribution >= 0.6 is 0 Å². The van der Waals surface area contributed by atoms with Gasteiger partial charge in [0.2, 0.25) is 0 Å². The quantitative estimate of drug-likeness (QED) is 0.861. The molecule has 4 aliphatic rings. The van der Waals surface area contributed by atoms with E-state index in [0.717, 1.165) is 24.2 Å². The van der Waals surface area contributed by atoms with E-state index < -0.39 is 0 Å². The van der Waals surface area contributed by atoms with Crippen LogP contribution in [0, 0.1) is 23.2 Å². The van der Waals surface area contributed by atoms with E-state index in [9.17, 15) is 0 Å². The van der Waals surface area contributed by atoms with E-state index in [2.05, 4.69) is 31.2 Å². The molecule has 0 saturated heterocycles. The minimum atomic E-state index is 0.266. The van der Waals surface area contributed by atoms with Gasteiger partial charge in [-0.2, -0.15) is 0 Å². The average Bonchev–Trinajstić information content (AvgIpc) is 2.45. The van der Waals surface area contributed by atoms with Crippen LogP contribution in [0.25, 0.3) is 0 Å². The van der Waals surface area contributed by atoms with Gasteiger partial charge in [-0.3, -0.25) is 0 Å². The molecule has 2 N–H and O–H groups in total. The molecule has 5 rings (SSSR count). The standard InChI is InChI=1S/C19H27N/c1-2-13-4-3-5-17(9-13)18(20)19-10-14-6-15(11-19)8-16(7-14)12-19/h3-5,9,14-16,18H,2,6-8,10-12,20H2,1H3. The molecule has 108 valence electrons. The average molecular weight is 269 g/mol. The largest absolute Gasteiger partial charge is 0.323 e. The molecule has 1 unspecified atom stereocenters. The first-order valence-electron chi connectivity index (χ1n) is 8.53. The maximum Gasteiger partial charge on any atom is 0.0352 e. The molecule has 0 heterocycles. The van der Waals surface area contributed by atoms with E-state index in [4.69, 9.17) is 5.73 Å². The van der Waals surface area contributed by atoms with Crippen molar-refractivity contribution in [2.24, 2.45) is 28.9 Å². The van der Waals surface area contributed by atoms with Gasteiger partial charge in [-0.05, 0) is 79.2 Å². The van der Waals surface area contributed by atoms with Crippen LogP contribution in [0.15, 0.2) is 24.3 Å². The monoisotopic (exact) mass is 269 g/mol. The van der Waals surface area contributed by atoms with Gasteiger partial charge < -0.3 is 5.73 Å². The molecule has 20 heavy (non-hydrogen) atoms. The second-order valence-corrected chi connectivity index (χ2v) is 7.86. The van der Waals surface area contributed by atoms with Crippen LogP contribution in [0.1, 0.15) is 62.6 Å². The summed E-state index contributed by atoms with van der Waals surface area (Å²) in [7, 11) is 0. The first kappa shape index (κ1) is 12.9. The van der Waals surface area contributed by atoms with Gasteiger partial charge in [0.25, 0.3) is 0 Å². The van der Waals surface area contributed by atoms with Crippen molar-refractivity contribution in [1.82, 2.24) is 0 Å². The normalized spacial score (nSPS) is 40.0. The lowest BCUT2D eigenvalue weighted by Gasteiger charge is -2.59. The van der Waals surface area contributed by atoms with E-state index in [1.165, 1.54) is 49.7 Å². The number of benzene rings is 1. The van der Waals surface area contributed by atoms with E-state index >= 15 is 0 Å². The van der Waals surface area contributed by atoms with Crippen LogP contribution in [0.5, 0.6) is 0 Å². The fourth-order valence-electron chi connectivity index (χ4n) is 5.92. The third kappa shape index (κ3) is 1.94. The molecule has 4 fully saturated rings. The Bertz CT molecular complexity index is 469. The zero-order valence-electron chi connectivity index (χ0n) is 12.6. The Labute approximate surface area is 122 Å². The molecule has 1 atom stereocenters. The maximum absolute atomic E-state index is 6.82. The summed E-state index contributed by atoms with van der Waals surface area (Å²) >= 11 is 0. The van der Waals surface area contributed by atoms with Crippen LogP contribution < -0.4 is 5.73 Å². The Morgan fingerprint density at radius 1 is 1.10 bits per heavy atom. The molecular formula is C19H27N. The molecule has 0 radical (unpaired) electrons. The summed E-state index contributed by atoms with van der Waals surface area (Å²) in [5.41, 5.74) is 10.1. The molecule has 1 heteroatoms. The molecule has 0 amide bonds. The lowest BCUT2D eigenvalue weighted by Crippen LogP contribution is -2.50. The molecule has 4 saturated carbocycles. The number of hydrogen-bond donors (Lipinski definition) is 1. The van der Waals surface area contributed by atoms with Crippen molar-refractivity contribution < 1.29 is 0 Å². The molecule has 1 aromatic rings. The summed E-state index contributed by atoms with van der Waals surface area (Å²) in [5, 5.41) is 0. The highest BCUT2D eigenvalue weighted by molar-refractivity contribution is 5.28. The molecule has 0 aromatic heterocycles. The molecule has 1 nitrogen and oxygen atoms in total. The zero-order valence-corrected chi connectivity index (χ0v) is 12.6. The van der Waals surface area contributed by atoms with E-state index in [0.29, 0.717) is 5.41 Å². The third-order valence-corrected chi connectivity index (χ3v) is 6.46.